The predicted molar refractivity (Wildman–Crippen MR) is 98.9 cm³/mol. The zero-order valence-corrected chi connectivity index (χ0v) is 15.1. The molecule has 0 fully saturated rings. The third-order valence-electron chi connectivity index (χ3n) is 4.97. The molecule has 4 rings (SSSR count). The summed E-state index contributed by atoms with van der Waals surface area (Å²) in [5.41, 5.74) is 4.95. The number of carbonyl (C=O) groups is 1. The largest absolute Gasteiger partial charge is 0.361 e. The number of fused-ring (bicyclic) bond motifs is 1. The maximum atomic E-state index is 12.2. The minimum absolute atomic E-state index is 0.0111. The third-order valence-corrected chi connectivity index (χ3v) is 4.97. The van der Waals surface area contributed by atoms with E-state index < -0.39 is 0 Å². The van der Waals surface area contributed by atoms with Crippen molar-refractivity contribution in [3.63, 3.8) is 0 Å². The van der Waals surface area contributed by atoms with Gasteiger partial charge in [-0.15, -0.1) is 0 Å². The van der Waals surface area contributed by atoms with Gasteiger partial charge in [0, 0.05) is 30.6 Å². The lowest BCUT2D eigenvalue weighted by atomic mass is 10.1. The van der Waals surface area contributed by atoms with Crippen molar-refractivity contribution in [2.24, 2.45) is 0 Å². The summed E-state index contributed by atoms with van der Waals surface area (Å²) in [6.07, 6.45) is 5.19. The summed E-state index contributed by atoms with van der Waals surface area (Å²) in [6, 6.07) is 7.95. The van der Waals surface area contributed by atoms with Gasteiger partial charge in [-0.3, -0.25) is 4.79 Å². The number of aromatic nitrogens is 3. The molecule has 0 saturated carbocycles. The number of benzene rings is 1. The van der Waals surface area contributed by atoms with E-state index in [0.29, 0.717) is 12.8 Å². The van der Waals surface area contributed by atoms with Crippen LogP contribution in [0.15, 0.2) is 35.0 Å². The number of amides is 1. The highest BCUT2D eigenvalue weighted by molar-refractivity contribution is 5.91. The topological polar surface area (TPSA) is 73.0 Å². The number of nitrogens with one attached hydrogen (secondary N) is 1. The average Bonchev–Trinajstić information content (AvgIpc) is 3.31. The number of anilines is 1. The molecule has 0 unspecified atom stereocenters. The van der Waals surface area contributed by atoms with Crippen LogP contribution in [0.5, 0.6) is 0 Å². The molecule has 6 heteroatoms. The molecule has 134 valence electrons. The molecule has 1 N–H and O–H groups in total. The lowest BCUT2D eigenvalue weighted by molar-refractivity contribution is -0.116. The lowest BCUT2D eigenvalue weighted by Gasteiger charge is -2.08. The van der Waals surface area contributed by atoms with Gasteiger partial charge in [0.05, 0.1) is 17.6 Å². The first-order chi connectivity index (χ1) is 12.6. The van der Waals surface area contributed by atoms with Gasteiger partial charge in [0.1, 0.15) is 11.6 Å². The van der Waals surface area contributed by atoms with Crippen molar-refractivity contribution in [1.29, 1.82) is 0 Å². The SMILES string of the molecule is Cc1noc(C)c1CCC(=O)Nc1ccc(-c2cnc3n2CCC3)cc1. The summed E-state index contributed by atoms with van der Waals surface area (Å²) in [5, 5.41) is 6.88. The molecule has 2 aromatic heterocycles. The van der Waals surface area contributed by atoms with E-state index in [-0.39, 0.29) is 5.91 Å². The number of nitrogens with zero attached hydrogens (tertiary/aromatic N) is 3. The first-order valence-corrected chi connectivity index (χ1v) is 8.98. The Kier molecular flexibility index (Phi) is 4.32. The van der Waals surface area contributed by atoms with Gasteiger partial charge in [-0.2, -0.15) is 0 Å². The van der Waals surface area contributed by atoms with Crippen LogP contribution < -0.4 is 5.32 Å². The second-order valence-corrected chi connectivity index (χ2v) is 6.74. The van der Waals surface area contributed by atoms with Crippen molar-refractivity contribution in [3.05, 3.63) is 53.3 Å². The lowest BCUT2D eigenvalue weighted by Crippen LogP contribution is -2.12. The highest BCUT2D eigenvalue weighted by Crippen LogP contribution is 2.26. The molecule has 3 aromatic rings. The van der Waals surface area contributed by atoms with Gasteiger partial charge in [-0.05, 0) is 44.4 Å². The fourth-order valence-corrected chi connectivity index (χ4v) is 3.53. The van der Waals surface area contributed by atoms with Gasteiger partial charge in [-0.25, -0.2) is 4.98 Å². The normalized spacial score (nSPS) is 13.0. The van der Waals surface area contributed by atoms with E-state index in [4.69, 9.17) is 4.52 Å². The zero-order valence-electron chi connectivity index (χ0n) is 15.1. The van der Waals surface area contributed by atoms with Crippen molar-refractivity contribution in [2.75, 3.05) is 5.32 Å². The minimum atomic E-state index is -0.0111. The van der Waals surface area contributed by atoms with Gasteiger partial charge in [0.2, 0.25) is 5.91 Å². The van der Waals surface area contributed by atoms with Crippen LogP contribution in [0.2, 0.25) is 0 Å². The number of aryl methyl sites for hydroxylation is 3. The number of carbonyl (C=O) groups excluding carboxylic acids is 1. The summed E-state index contributed by atoms with van der Waals surface area (Å²) < 4.78 is 7.41. The highest BCUT2D eigenvalue weighted by Gasteiger charge is 2.16. The summed E-state index contributed by atoms with van der Waals surface area (Å²) in [7, 11) is 0. The summed E-state index contributed by atoms with van der Waals surface area (Å²) in [4.78, 5) is 16.7. The van der Waals surface area contributed by atoms with E-state index in [9.17, 15) is 4.79 Å². The zero-order chi connectivity index (χ0) is 18.1. The predicted octanol–water partition coefficient (Wildman–Crippen LogP) is 3.67. The summed E-state index contributed by atoms with van der Waals surface area (Å²) >= 11 is 0. The van der Waals surface area contributed by atoms with Crippen LogP contribution >= 0.6 is 0 Å². The quantitative estimate of drug-likeness (QED) is 0.762. The smallest absolute Gasteiger partial charge is 0.224 e. The molecule has 1 aliphatic rings. The molecule has 0 atom stereocenters. The third kappa shape index (κ3) is 3.14. The maximum Gasteiger partial charge on any atom is 0.224 e. The molecular weight excluding hydrogens is 328 g/mol. The molecule has 6 nitrogen and oxygen atoms in total. The Morgan fingerprint density at radius 1 is 1.27 bits per heavy atom. The van der Waals surface area contributed by atoms with Crippen molar-refractivity contribution in [3.8, 4) is 11.3 Å². The molecule has 0 saturated heterocycles. The number of imidazole rings is 1. The van der Waals surface area contributed by atoms with Crippen LogP contribution in [0.4, 0.5) is 5.69 Å². The van der Waals surface area contributed by atoms with Crippen molar-refractivity contribution < 1.29 is 9.32 Å². The van der Waals surface area contributed by atoms with Gasteiger partial charge in [0.15, 0.2) is 0 Å². The average molecular weight is 350 g/mol. The highest BCUT2D eigenvalue weighted by atomic mass is 16.5. The molecule has 0 bridgehead atoms. The van der Waals surface area contributed by atoms with Gasteiger partial charge in [0.25, 0.3) is 0 Å². The Morgan fingerprint density at radius 2 is 2.08 bits per heavy atom. The Balaban J connectivity index is 1.39. The molecular formula is C20H22N4O2. The van der Waals surface area contributed by atoms with E-state index in [0.717, 1.165) is 59.2 Å². The van der Waals surface area contributed by atoms with Crippen LogP contribution in [0.3, 0.4) is 0 Å². The van der Waals surface area contributed by atoms with E-state index in [1.54, 1.807) is 0 Å². The van der Waals surface area contributed by atoms with E-state index in [1.165, 1.54) is 0 Å². The molecule has 0 spiro atoms. The van der Waals surface area contributed by atoms with Gasteiger partial charge < -0.3 is 14.4 Å². The van der Waals surface area contributed by atoms with Crippen LogP contribution in [0, 0.1) is 13.8 Å². The molecule has 3 heterocycles. The van der Waals surface area contributed by atoms with E-state index >= 15 is 0 Å². The number of hydrogen-bond acceptors (Lipinski definition) is 4. The van der Waals surface area contributed by atoms with Crippen LogP contribution in [0.25, 0.3) is 11.3 Å². The Bertz CT molecular complexity index is 918. The Labute approximate surface area is 152 Å². The fraction of sp³-hybridized carbons (Fsp3) is 0.350. The molecule has 26 heavy (non-hydrogen) atoms. The number of hydrogen-bond donors (Lipinski definition) is 1. The van der Waals surface area contributed by atoms with Crippen LogP contribution in [-0.2, 0) is 24.2 Å². The summed E-state index contributed by atoms with van der Waals surface area (Å²) in [5.74, 6) is 1.94. The fourth-order valence-electron chi connectivity index (χ4n) is 3.53. The van der Waals surface area contributed by atoms with Crippen molar-refractivity contribution in [1.82, 2.24) is 14.7 Å². The standard InChI is InChI=1S/C20H22N4O2/c1-13-17(14(2)26-23-13)9-10-20(25)22-16-7-5-15(6-8-16)18-12-21-19-4-3-11-24(18)19/h5-8,12H,3-4,9-11H2,1-2H3,(H,22,25). The summed E-state index contributed by atoms with van der Waals surface area (Å²) in [6.45, 7) is 4.81. The van der Waals surface area contributed by atoms with E-state index in [1.807, 2.05) is 44.3 Å². The van der Waals surface area contributed by atoms with Crippen molar-refractivity contribution in [2.45, 2.75) is 46.1 Å². The molecule has 1 aromatic carbocycles. The van der Waals surface area contributed by atoms with E-state index in [2.05, 4.69) is 20.0 Å². The maximum absolute atomic E-state index is 12.2. The molecule has 0 radical (unpaired) electrons. The van der Waals surface area contributed by atoms with Crippen LogP contribution in [-0.4, -0.2) is 20.6 Å². The minimum Gasteiger partial charge on any atom is -0.361 e. The van der Waals surface area contributed by atoms with Gasteiger partial charge >= 0.3 is 0 Å². The second kappa shape index (κ2) is 6.78. The monoisotopic (exact) mass is 350 g/mol. The molecule has 1 aliphatic heterocycles. The first kappa shape index (κ1) is 16.6. The second-order valence-electron chi connectivity index (χ2n) is 6.74. The Hall–Kier alpha value is -2.89. The van der Waals surface area contributed by atoms with Crippen molar-refractivity contribution >= 4 is 11.6 Å². The Morgan fingerprint density at radius 3 is 2.81 bits per heavy atom. The van der Waals surface area contributed by atoms with Gasteiger partial charge in [-0.1, -0.05) is 17.3 Å². The number of rotatable bonds is 5. The van der Waals surface area contributed by atoms with Crippen LogP contribution in [0.1, 0.15) is 35.7 Å². The first-order valence-electron chi connectivity index (χ1n) is 8.98. The molecule has 0 aliphatic carbocycles. The molecule has 1 amide bonds.